The van der Waals surface area contributed by atoms with Crippen molar-refractivity contribution >= 4 is 11.6 Å². The maximum absolute atomic E-state index is 6.30. The van der Waals surface area contributed by atoms with E-state index in [-0.39, 0.29) is 5.38 Å². The fourth-order valence-corrected chi connectivity index (χ4v) is 1.89. The molecule has 78 valence electrons. The second-order valence-electron chi connectivity index (χ2n) is 3.64. The van der Waals surface area contributed by atoms with Gasteiger partial charge in [-0.25, -0.2) is 0 Å². The lowest BCUT2D eigenvalue weighted by atomic mass is 10.1. The van der Waals surface area contributed by atoms with Crippen molar-refractivity contribution in [2.75, 3.05) is 20.1 Å². The van der Waals surface area contributed by atoms with Gasteiger partial charge in [0.2, 0.25) is 0 Å². The number of hydrogen-bond acceptors (Lipinski definition) is 1. The van der Waals surface area contributed by atoms with E-state index >= 15 is 0 Å². The Bertz CT molecular complexity index is 248. The maximum Gasteiger partial charge on any atom is 0.0712 e. The van der Waals surface area contributed by atoms with Crippen molar-refractivity contribution in [1.29, 1.82) is 0 Å². The molecular weight excluding hydrogens is 194 g/mol. The highest BCUT2D eigenvalue weighted by molar-refractivity contribution is 6.21. The van der Waals surface area contributed by atoms with E-state index in [1.165, 1.54) is 12.0 Å². The van der Waals surface area contributed by atoms with Gasteiger partial charge in [0.05, 0.1) is 5.38 Å². The van der Waals surface area contributed by atoms with Crippen molar-refractivity contribution in [1.82, 2.24) is 4.90 Å². The van der Waals surface area contributed by atoms with E-state index in [1.807, 2.05) is 18.2 Å². The third kappa shape index (κ3) is 3.69. The number of benzene rings is 1. The topological polar surface area (TPSA) is 3.24 Å². The Hall–Kier alpha value is -0.530. The fraction of sp³-hybridized carbons (Fsp3) is 0.500. The van der Waals surface area contributed by atoms with Crippen molar-refractivity contribution in [2.45, 2.75) is 18.7 Å². The summed E-state index contributed by atoms with van der Waals surface area (Å²) in [5, 5.41) is 0.104. The number of rotatable bonds is 5. The first-order valence-electron chi connectivity index (χ1n) is 5.11. The highest BCUT2D eigenvalue weighted by Gasteiger charge is 2.09. The molecule has 1 rings (SSSR count). The monoisotopic (exact) mass is 211 g/mol. The summed E-state index contributed by atoms with van der Waals surface area (Å²) in [6, 6.07) is 10.2. The van der Waals surface area contributed by atoms with Gasteiger partial charge in [0.1, 0.15) is 0 Å². The van der Waals surface area contributed by atoms with Crippen molar-refractivity contribution in [3.8, 4) is 0 Å². The molecule has 0 fully saturated rings. The van der Waals surface area contributed by atoms with Crippen LogP contribution in [-0.4, -0.2) is 25.0 Å². The second kappa shape index (κ2) is 6.05. The number of halogens is 1. The minimum Gasteiger partial charge on any atom is -0.305 e. The summed E-state index contributed by atoms with van der Waals surface area (Å²) >= 11 is 6.30. The Labute approximate surface area is 91.7 Å². The molecule has 1 unspecified atom stereocenters. The average molecular weight is 212 g/mol. The van der Waals surface area contributed by atoms with Crippen LogP contribution in [-0.2, 0) is 0 Å². The Balaban J connectivity index is 2.46. The molecule has 0 heterocycles. The first-order valence-corrected chi connectivity index (χ1v) is 5.55. The summed E-state index contributed by atoms with van der Waals surface area (Å²) in [6.45, 7) is 4.21. The summed E-state index contributed by atoms with van der Waals surface area (Å²) < 4.78 is 0. The van der Waals surface area contributed by atoms with Crippen LogP contribution >= 0.6 is 11.6 Å². The van der Waals surface area contributed by atoms with Crippen molar-refractivity contribution in [3.05, 3.63) is 35.9 Å². The van der Waals surface area contributed by atoms with Crippen LogP contribution in [0.25, 0.3) is 0 Å². The lowest BCUT2D eigenvalue weighted by molar-refractivity contribution is 0.335. The van der Waals surface area contributed by atoms with Crippen LogP contribution in [0.3, 0.4) is 0 Å². The molecule has 0 saturated heterocycles. The van der Waals surface area contributed by atoms with Crippen LogP contribution < -0.4 is 0 Å². The minimum atomic E-state index is 0.104. The van der Waals surface area contributed by atoms with Gasteiger partial charge in [0, 0.05) is 6.54 Å². The number of hydrogen-bond donors (Lipinski definition) is 0. The summed E-state index contributed by atoms with van der Waals surface area (Å²) in [5.74, 6) is 0. The van der Waals surface area contributed by atoms with Gasteiger partial charge < -0.3 is 4.90 Å². The van der Waals surface area contributed by atoms with Gasteiger partial charge in [0.25, 0.3) is 0 Å². The molecule has 0 aliphatic heterocycles. The predicted octanol–water partition coefficient (Wildman–Crippen LogP) is 3.31. The molecule has 1 nitrogen and oxygen atoms in total. The molecule has 0 bridgehead atoms. The maximum atomic E-state index is 6.30. The van der Waals surface area contributed by atoms with Gasteiger partial charge in [0.15, 0.2) is 0 Å². The zero-order chi connectivity index (χ0) is 10.4. The molecule has 0 radical (unpaired) electrons. The fourth-order valence-electron chi connectivity index (χ4n) is 1.51. The lowest BCUT2D eigenvalue weighted by Crippen LogP contribution is -2.23. The van der Waals surface area contributed by atoms with Gasteiger partial charge in [-0.15, -0.1) is 11.6 Å². The zero-order valence-electron chi connectivity index (χ0n) is 8.91. The van der Waals surface area contributed by atoms with Crippen LogP contribution in [0.2, 0.25) is 0 Å². The molecule has 0 aliphatic rings. The SMILES string of the molecule is CCCN(C)CC(Cl)c1ccccc1. The van der Waals surface area contributed by atoms with E-state index in [0.717, 1.165) is 13.1 Å². The van der Waals surface area contributed by atoms with Crippen molar-refractivity contribution < 1.29 is 0 Å². The summed E-state index contributed by atoms with van der Waals surface area (Å²) in [6.07, 6.45) is 1.18. The predicted molar refractivity (Wildman–Crippen MR) is 62.8 cm³/mol. The Morgan fingerprint density at radius 3 is 2.50 bits per heavy atom. The minimum absolute atomic E-state index is 0.104. The lowest BCUT2D eigenvalue weighted by Gasteiger charge is -2.19. The third-order valence-corrected chi connectivity index (χ3v) is 2.63. The van der Waals surface area contributed by atoms with E-state index in [1.54, 1.807) is 0 Å². The standard InChI is InChI=1S/C12H18ClN/c1-3-9-14(2)10-12(13)11-7-5-4-6-8-11/h4-8,12H,3,9-10H2,1-2H3. The first kappa shape index (κ1) is 11.5. The van der Waals surface area contributed by atoms with Gasteiger partial charge >= 0.3 is 0 Å². The van der Waals surface area contributed by atoms with E-state index in [2.05, 4.69) is 31.0 Å². The third-order valence-electron chi connectivity index (χ3n) is 2.24. The van der Waals surface area contributed by atoms with Crippen LogP contribution in [0.4, 0.5) is 0 Å². The van der Waals surface area contributed by atoms with Crippen molar-refractivity contribution in [2.24, 2.45) is 0 Å². The molecule has 0 N–H and O–H groups in total. The van der Waals surface area contributed by atoms with Crippen molar-refractivity contribution in [3.63, 3.8) is 0 Å². The van der Waals surface area contributed by atoms with Crippen LogP contribution in [0.5, 0.6) is 0 Å². The van der Waals surface area contributed by atoms with E-state index in [9.17, 15) is 0 Å². The molecule has 1 aromatic carbocycles. The largest absolute Gasteiger partial charge is 0.305 e. The molecule has 0 aromatic heterocycles. The molecule has 0 aliphatic carbocycles. The van der Waals surface area contributed by atoms with Crippen LogP contribution in [0.1, 0.15) is 24.3 Å². The molecule has 0 amide bonds. The van der Waals surface area contributed by atoms with E-state index in [0.29, 0.717) is 0 Å². The average Bonchev–Trinajstić information content (AvgIpc) is 2.19. The Morgan fingerprint density at radius 2 is 1.93 bits per heavy atom. The molecular formula is C12H18ClN. The highest BCUT2D eigenvalue weighted by atomic mass is 35.5. The highest BCUT2D eigenvalue weighted by Crippen LogP contribution is 2.20. The molecule has 2 heteroatoms. The van der Waals surface area contributed by atoms with Gasteiger partial charge in [-0.1, -0.05) is 37.3 Å². The normalized spacial score (nSPS) is 13.1. The zero-order valence-corrected chi connectivity index (χ0v) is 9.67. The Morgan fingerprint density at radius 1 is 1.29 bits per heavy atom. The van der Waals surface area contributed by atoms with Crippen LogP contribution in [0, 0.1) is 0 Å². The molecule has 1 aromatic rings. The van der Waals surface area contributed by atoms with E-state index < -0.39 is 0 Å². The smallest absolute Gasteiger partial charge is 0.0712 e. The van der Waals surface area contributed by atoms with Gasteiger partial charge in [-0.3, -0.25) is 0 Å². The quantitative estimate of drug-likeness (QED) is 0.676. The van der Waals surface area contributed by atoms with Crippen LogP contribution in [0.15, 0.2) is 30.3 Å². The molecule has 14 heavy (non-hydrogen) atoms. The second-order valence-corrected chi connectivity index (χ2v) is 4.17. The number of alkyl halides is 1. The van der Waals surface area contributed by atoms with E-state index in [4.69, 9.17) is 11.6 Å². The van der Waals surface area contributed by atoms with Gasteiger partial charge in [-0.2, -0.15) is 0 Å². The summed E-state index contributed by atoms with van der Waals surface area (Å²) in [7, 11) is 2.11. The Kier molecular flexibility index (Phi) is 4.99. The first-order chi connectivity index (χ1) is 6.74. The molecule has 0 saturated carbocycles. The molecule has 0 spiro atoms. The summed E-state index contributed by atoms with van der Waals surface area (Å²) in [4.78, 5) is 2.27. The van der Waals surface area contributed by atoms with Gasteiger partial charge in [-0.05, 0) is 25.6 Å². The number of likely N-dealkylation sites (N-methyl/N-ethyl adjacent to an activating group) is 1. The summed E-state index contributed by atoms with van der Waals surface area (Å²) in [5.41, 5.74) is 1.21. The molecule has 1 atom stereocenters. The number of nitrogens with zero attached hydrogens (tertiary/aromatic N) is 1.